The van der Waals surface area contributed by atoms with Crippen molar-refractivity contribution in [3.63, 3.8) is 0 Å². The van der Waals surface area contributed by atoms with Gasteiger partial charge < -0.3 is 23.7 Å². The van der Waals surface area contributed by atoms with Crippen LogP contribution in [0.4, 0.5) is 0 Å². The van der Waals surface area contributed by atoms with Gasteiger partial charge in [0, 0.05) is 23.1 Å². The predicted molar refractivity (Wildman–Crippen MR) is 96.7 cm³/mol. The summed E-state index contributed by atoms with van der Waals surface area (Å²) >= 11 is 3.29. The fourth-order valence-corrected chi connectivity index (χ4v) is 3.13. The number of ketones is 1. The number of esters is 1. The van der Waals surface area contributed by atoms with Crippen molar-refractivity contribution in [2.75, 3.05) is 13.7 Å². The first-order valence-electron chi connectivity index (χ1n) is 8.30. The highest BCUT2D eigenvalue weighted by molar-refractivity contribution is 9.10. The lowest BCUT2D eigenvalue weighted by molar-refractivity contribution is -0.209. The fourth-order valence-electron chi connectivity index (χ4n) is 2.87. The largest absolute Gasteiger partial charge is 0.448 e. The van der Waals surface area contributed by atoms with Crippen molar-refractivity contribution < 1.29 is 33.3 Å². The van der Waals surface area contributed by atoms with E-state index in [4.69, 9.17) is 23.7 Å². The van der Waals surface area contributed by atoms with Crippen LogP contribution >= 0.6 is 15.9 Å². The van der Waals surface area contributed by atoms with Crippen molar-refractivity contribution in [3.8, 4) is 11.8 Å². The molecule has 27 heavy (non-hydrogen) atoms. The van der Waals surface area contributed by atoms with Crippen LogP contribution in [0.15, 0.2) is 28.7 Å². The molecule has 0 saturated carbocycles. The quantitative estimate of drug-likeness (QED) is 0.308. The van der Waals surface area contributed by atoms with Crippen molar-refractivity contribution in [1.82, 2.24) is 0 Å². The van der Waals surface area contributed by atoms with Gasteiger partial charge >= 0.3 is 5.97 Å². The highest BCUT2D eigenvalue weighted by Crippen LogP contribution is 2.38. The van der Waals surface area contributed by atoms with E-state index >= 15 is 0 Å². The molecule has 1 aromatic carbocycles. The Hall–Kier alpha value is -1.76. The Morgan fingerprint density at radius 2 is 1.93 bits per heavy atom. The van der Waals surface area contributed by atoms with E-state index < -0.39 is 36.4 Å². The molecule has 4 atom stereocenters. The van der Waals surface area contributed by atoms with Gasteiger partial charge in [0.05, 0.1) is 0 Å². The SMILES string of the molecule is CO[C@@H]1[C@H]2OC(C)(C)O[C@H]2O[C@@H]1C#CC(=O)OCC(=O)c1ccc(Br)cc1. The second-order valence-corrected chi connectivity index (χ2v) is 7.42. The van der Waals surface area contributed by atoms with Crippen LogP contribution in [0.5, 0.6) is 0 Å². The van der Waals surface area contributed by atoms with Crippen LogP contribution in [0.3, 0.4) is 0 Å². The first-order chi connectivity index (χ1) is 12.8. The molecule has 2 heterocycles. The molecule has 0 N–H and O–H groups in total. The highest BCUT2D eigenvalue weighted by Gasteiger charge is 2.54. The van der Waals surface area contributed by atoms with E-state index in [1.54, 1.807) is 38.1 Å². The average molecular weight is 439 g/mol. The van der Waals surface area contributed by atoms with Gasteiger partial charge in [-0.15, -0.1) is 0 Å². The van der Waals surface area contributed by atoms with Gasteiger partial charge in [0.1, 0.15) is 12.2 Å². The summed E-state index contributed by atoms with van der Waals surface area (Å²) in [6.07, 6.45) is -2.24. The number of Topliss-reactive ketones (excluding diaryl/α,β-unsaturated/α-hetero) is 1. The molecule has 7 nitrogen and oxygen atoms in total. The van der Waals surface area contributed by atoms with Gasteiger partial charge in [-0.3, -0.25) is 4.79 Å². The molecule has 2 saturated heterocycles. The molecule has 2 aliphatic rings. The summed E-state index contributed by atoms with van der Waals surface area (Å²) < 4.78 is 28.2. The molecule has 0 radical (unpaired) electrons. The maximum Gasteiger partial charge on any atom is 0.384 e. The Morgan fingerprint density at radius 1 is 1.22 bits per heavy atom. The molecule has 0 unspecified atom stereocenters. The minimum atomic E-state index is -0.821. The van der Waals surface area contributed by atoms with Crippen molar-refractivity contribution in [2.45, 2.75) is 44.2 Å². The summed E-state index contributed by atoms with van der Waals surface area (Å²) in [5, 5.41) is 0. The van der Waals surface area contributed by atoms with Crippen LogP contribution < -0.4 is 0 Å². The molecule has 8 heteroatoms. The maximum absolute atomic E-state index is 12.0. The van der Waals surface area contributed by atoms with Crippen LogP contribution in [0, 0.1) is 11.8 Å². The number of benzene rings is 1. The molecule has 3 rings (SSSR count). The zero-order valence-corrected chi connectivity index (χ0v) is 16.6. The highest BCUT2D eigenvalue weighted by atomic mass is 79.9. The third-order valence-corrected chi connectivity index (χ3v) is 4.61. The molecular formula is C19H19BrO7. The zero-order valence-electron chi connectivity index (χ0n) is 15.1. The van der Waals surface area contributed by atoms with Crippen molar-refractivity contribution in [2.24, 2.45) is 0 Å². The van der Waals surface area contributed by atoms with Crippen molar-refractivity contribution >= 4 is 27.7 Å². The molecule has 144 valence electrons. The van der Waals surface area contributed by atoms with Gasteiger partial charge in [-0.2, -0.15) is 0 Å². The second-order valence-electron chi connectivity index (χ2n) is 6.50. The Morgan fingerprint density at radius 3 is 2.59 bits per heavy atom. The normalized spacial score (nSPS) is 28.1. The second kappa shape index (κ2) is 8.09. The number of methoxy groups -OCH3 is 1. The maximum atomic E-state index is 12.0. The van der Waals surface area contributed by atoms with Gasteiger partial charge in [0.2, 0.25) is 0 Å². The molecule has 1 aromatic rings. The van der Waals surface area contributed by atoms with E-state index in [2.05, 4.69) is 27.8 Å². The predicted octanol–water partition coefficient (Wildman–Crippen LogP) is 2.07. The van der Waals surface area contributed by atoms with Crippen LogP contribution in [-0.4, -0.2) is 55.9 Å². The number of hydrogen-bond acceptors (Lipinski definition) is 7. The lowest BCUT2D eigenvalue weighted by atomic mass is 10.1. The third kappa shape index (κ3) is 4.75. The summed E-state index contributed by atoms with van der Waals surface area (Å²) in [5.41, 5.74) is 0.447. The molecule has 2 fully saturated rings. The number of halogens is 1. The summed E-state index contributed by atoms with van der Waals surface area (Å²) in [6, 6.07) is 6.75. The lowest BCUT2D eigenvalue weighted by Crippen LogP contribution is -2.35. The number of carbonyl (C=O) groups excluding carboxylic acids is 2. The van der Waals surface area contributed by atoms with E-state index in [9.17, 15) is 9.59 Å². The van der Waals surface area contributed by atoms with Crippen LogP contribution in [0.25, 0.3) is 0 Å². The monoisotopic (exact) mass is 438 g/mol. The average Bonchev–Trinajstić information content (AvgIpc) is 3.09. The zero-order chi connectivity index (χ0) is 19.6. The molecule has 0 spiro atoms. The van der Waals surface area contributed by atoms with Crippen LogP contribution in [0.2, 0.25) is 0 Å². The van der Waals surface area contributed by atoms with Crippen LogP contribution in [-0.2, 0) is 28.5 Å². The minimum absolute atomic E-state index is 0.317. The topological polar surface area (TPSA) is 80.3 Å². The summed E-state index contributed by atoms with van der Waals surface area (Å²) in [5.74, 6) is 3.08. The van der Waals surface area contributed by atoms with E-state index in [1.807, 2.05) is 0 Å². The number of ether oxygens (including phenoxy) is 5. The number of fused-ring (bicyclic) bond motifs is 1. The Bertz CT molecular complexity index is 777. The van der Waals surface area contributed by atoms with Gasteiger partial charge in [-0.05, 0) is 26.0 Å². The number of hydrogen-bond donors (Lipinski definition) is 0. The smallest absolute Gasteiger partial charge is 0.384 e. The Labute approximate surface area is 165 Å². The molecule has 2 aliphatic heterocycles. The Balaban J connectivity index is 1.54. The lowest BCUT2D eigenvalue weighted by Gasteiger charge is -2.22. The van der Waals surface area contributed by atoms with E-state index in [1.165, 1.54) is 7.11 Å². The number of rotatable bonds is 4. The summed E-state index contributed by atoms with van der Waals surface area (Å²) in [4.78, 5) is 23.8. The van der Waals surface area contributed by atoms with Gasteiger partial charge in [0.25, 0.3) is 0 Å². The van der Waals surface area contributed by atoms with E-state index in [0.29, 0.717) is 5.56 Å². The molecule has 0 aliphatic carbocycles. The number of carbonyl (C=O) groups is 2. The van der Waals surface area contributed by atoms with Crippen molar-refractivity contribution in [1.29, 1.82) is 0 Å². The summed E-state index contributed by atoms with van der Waals surface area (Å²) in [6.45, 7) is 3.17. The van der Waals surface area contributed by atoms with E-state index in [-0.39, 0.29) is 12.4 Å². The minimum Gasteiger partial charge on any atom is -0.448 e. The van der Waals surface area contributed by atoms with Gasteiger partial charge in [0.15, 0.2) is 30.6 Å². The van der Waals surface area contributed by atoms with Gasteiger partial charge in [-0.25, -0.2) is 4.79 Å². The molecule has 0 amide bonds. The van der Waals surface area contributed by atoms with E-state index in [0.717, 1.165) is 4.47 Å². The van der Waals surface area contributed by atoms with Crippen molar-refractivity contribution in [3.05, 3.63) is 34.3 Å². The first kappa shape index (κ1) is 20.0. The van der Waals surface area contributed by atoms with Crippen LogP contribution in [0.1, 0.15) is 24.2 Å². The molecule has 0 bridgehead atoms. The standard InChI is InChI=1S/C19H19BrO7/c1-19(2)26-17-16(23-3)14(25-18(17)27-19)8-9-15(22)24-10-13(21)11-4-6-12(20)7-5-11/h4-7,14,16-18H,10H2,1-3H3/t14-,16+,17-,18-/m1/s1. The van der Waals surface area contributed by atoms with Gasteiger partial charge in [-0.1, -0.05) is 34.0 Å². The fraction of sp³-hybridized carbons (Fsp3) is 0.474. The Kier molecular flexibility index (Phi) is 5.99. The first-order valence-corrected chi connectivity index (χ1v) is 9.09. The summed E-state index contributed by atoms with van der Waals surface area (Å²) in [7, 11) is 1.51. The molecular weight excluding hydrogens is 420 g/mol. The third-order valence-electron chi connectivity index (χ3n) is 4.08. The molecule has 0 aromatic heterocycles.